The Hall–Kier alpha value is -1.55. The molecule has 4 aliphatic rings. The quantitative estimate of drug-likeness (QED) is 0.0478. The van der Waals surface area contributed by atoms with Gasteiger partial charge >= 0.3 is 0 Å². The van der Waals surface area contributed by atoms with E-state index in [0.717, 1.165) is 6.08 Å². The van der Waals surface area contributed by atoms with Crippen molar-refractivity contribution in [3.63, 3.8) is 0 Å². The summed E-state index contributed by atoms with van der Waals surface area (Å²) < 4.78 is 32.8. The highest BCUT2D eigenvalue weighted by atomic mass is 16.7. The lowest BCUT2D eigenvalue weighted by Gasteiger charge is -2.48. The lowest BCUT2D eigenvalue weighted by Crippen LogP contribution is -2.69. The minimum atomic E-state index is -2.16. The summed E-state index contributed by atoms with van der Waals surface area (Å²) in [5, 5.41) is 178. The number of aliphatic hydroxyl groups is 17. The molecule has 0 bridgehead atoms. The van der Waals surface area contributed by atoms with E-state index in [1.54, 1.807) is 0 Å². The predicted molar refractivity (Wildman–Crippen MR) is 173 cm³/mol. The molecule has 0 aromatic rings. The molecule has 1 aliphatic carbocycles. The average molecular weight is 824 g/mol. The number of rotatable bonds is 17. The van der Waals surface area contributed by atoms with Crippen LogP contribution in [0.25, 0.3) is 0 Å². The fourth-order valence-corrected chi connectivity index (χ4v) is 6.86. The van der Waals surface area contributed by atoms with Crippen molar-refractivity contribution in [2.24, 2.45) is 0 Å². The van der Waals surface area contributed by atoms with E-state index in [1.807, 2.05) is 0 Å². The van der Waals surface area contributed by atoms with Crippen molar-refractivity contribution in [1.82, 2.24) is 5.32 Å². The summed E-state index contributed by atoms with van der Waals surface area (Å²) in [6.45, 7) is -4.56. The summed E-state index contributed by atoms with van der Waals surface area (Å²) in [7, 11) is 0. The van der Waals surface area contributed by atoms with Crippen LogP contribution in [0.3, 0.4) is 0 Å². The highest BCUT2D eigenvalue weighted by molar-refractivity contribution is 5.56. The first-order valence-electron chi connectivity index (χ1n) is 17.6. The summed E-state index contributed by atoms with van der Waals surface area (Å²) >= 11 is 0. The van der Waals surface area contributed by atoms with Gasteiger partial charge in [0.15, 0.2) is 25.2 Å². The zero-order chi connectivity index (χ0) is 41.8. The second-order valence-corrected chi connectivity index (χ2v) is 13.8. The van der Waals surface area contributed by atoms with Crippen molar-refractivity contribution in [2.45, 2.75) is 141 Å². The standard InChI is InChI=1S/C31H53NO24/c33-2-8-1-9(16(41)21(46)26(8)54-30-24(49)20(45)18(43)13(6-37)52-30)32-15-12(5-36)51-29(23(48)19(15)44)56-28-14(7-38)53-31(25(50)22(28)47)55-27(11(40)4-35)17(42)10(39)3-34/h1,3,9-33,35-50H,2,4-7H2. The summed E-state index contributed by atoms with van der Waals surface area (Å²) in [5.41, 5.74) is -0.125. The zero-order valence-electron chi connectivity index (χ0n) is 29.4. The molecule has 326 valence electrons. The molecule has 25 nitrogen and oxygen atoms in total. The van der Waals surface area contributed by atoms with Gasteiger partial charge in [-0.3, -0.25) is 0 Å². The molecule has 0 saturated carbocycles. The summed E-state index contributed by atoms with van der Waals surface area (Å²) in [5.74, 6) is 0. The zero-order valence-corrected chi connectivity index (χ0v) is 29.4. The van der Waals surface area contributed by atoms with Crippen molar-refractivity contribution in [1.29, 1.82) is 0 Å². The molecule has 23 atom stereocenters. The maximum absolute atomic E-state index is 11.2. The van der Waals surface area contributed by atoms with Crippen molar-refractivity contribution >= 4 is 6.29 Å². The molecular weight excluding hydrogens is 770 g/mol. The molecule has 3 fully saturated rings. The Morgan fingerprint density at radius 3 is 1.77 bits per heavy atom. The lowest BCUT2D eigenvalue weighted by atomic mass is 9.86. The Bertz CT molecular complexity index is 1250. The van der Waals surface area contributed by atoms with Crippen LogP contribution in [0.1, 0.15) is 0 Å². The Morgan fingerprint density at radius 2 is 1.20 bits per heavy atom. The van der Waals surface area contributed by atoms with Crippen molar-refractivity contribution in [3.8, 4) is 0 Å². The normalized spacial score (nSPS) is 45.7. The molecule has 3 heterocycles. The van der Waals surface area contributed by atoms with Crippen molar-refractivity contribution in [3.05, 3.63) is 11.6 Å². The van der Waals surface area contributed by atoms with E-state index >= 15 is 0 Å². The molecular formula is C31H53NO24. The molecule has 4 rings (SSSR count). The number of carbonyl (C=O) groups excluding carboxylic acids is 1. The molecule has 0 aromatic heterocycles. The monoisotopic (exact) mass is 823 g/mol. The fourth-order valence-electron chi connectivity index (χ4n) is 6.86. The van der Waals surface area contributed by atoms with Gasteiger partial charge in [-0.1, -0.05) is 6.08 Å². The van der Waals surface area contributed by atoms with E-state index in [1.165, 1.54) is 0 Å². The van der Waals surface area contributed by atoms with Gasteiger partial charge in [0, 0.05) is 0 Å². The second-order valence-electron chi connectivity index (χ2n) is 13.8. The van der Waals surface area contributed by atoms with Gasteiger partial charge in [0.05, 0.1) is 45.1 Å². The maximum Gasteiger partial charge on any atom is 0.187 e. The summed E-state index contributed by atoms with van der Waals surface area (Å²) in [6, 6.07) is -2.85. The number of nitrogens with one attached hydrogen (secondary N) is 1. The predicted octanol–water partition coefficient (Wildman–Crippen LogP) is -11.9. The van der Waals surface area contributed by atoms with Crippen molar-refractivity contribution < 1.29 is 120 Å². The molecule has 56 heavy (non-hydrogen) atoms. The van der Waals surface area contributed by atoms with Crippen LogP contribution in [0.2, 0.25) is 0 Å². The van der Waals surface area contributed by atoms with Gasteiger partial charge in [0.1, 0.15) is 110 Å². The highest BCUT2D eigenvalue weighted by Crippen LogP contribution is 2.33. The van der Waals surface area contributed by atoms with Crippen molar-refractivity contribution in [2.75, 3.05) is 33.0 Å². The summed E-state index contributed by atoms with van der Waals surface area (Å²) in [6.07, 6.45) is -38.2. The Labute approximate surface area is 317 Å². The molecule has 3 saturated heterocycles. The third-order valence-corrected chi connectivity index (χ3v) is 10.2. The Kier molecular flexibility index (Phi) is 17.4. The van der Waals surface area contributed by atoms with Gasteiger partial charge in [0.2, 0.25) is 0 Å². The SMILES string of the molecule is O=CC(O)C(O)C(OC1OC(CO)C(OC2OC(CO)C(NC3C=C(CO)C(OC4OC(CO)C(O)C(O)C4O)C(O)C3O)C(O)C2O)C(O)C1O)C(O)CO. The minimum absolute atomic E-state index is 0.104. The van der Waals surface area contributed by atoms with Gasteiger partial charge < -0.3 is 125 Å². The van der Waals surface area contributed by atoms with Crippen LogP contribution in [0.15, 0.2) is 11.6 Å². The first kappa shape index (κ1) is 47.1. The van der Waals surface area contributed by atoms with E-state index in [9.17, 15) is 91.6 Å². The van der Waals surface area contributed by atoms with E-state index < -0.39 is 174 Å². The second kappa shape index (κ2) is 20.6. The van der Waals surface area contributed by atoms with Crippen LogP contribution in [0.5, 0.6) is 0 Å². The number of ether oxygens (including phenoxy) is 6. The number of hydrogen-bond donors (Lipinski definition) is 18. The minimum Gasteiger partial charge on any atom is -0.394 e. The van der Waals surface area contributed by atoms with Gasteiger partial charge in [0.25, 0.3) is 0 Å². The van der Waals surface area contributed by atoms with Gasteiger partial charge in [-0.2, -0.15) is 0 Å². The smallest absolute Gasteiger partial charge is 0.187 e. The topological polar surface area (TPSA) is 428 Å². The molecule has 18 N–H and O–H groups in total. The highest BCUT2D eigenvalue weighted by Gasteiger charge is 2.54. The lowest BCUT2D eigenvalue weighted by molar-refractivity contribution is -0.362. The van der Waals surface area contributed by atoms with E-state index in [4.69, 9.17) is 28.4 Å². The Balaban J connectivity index is 1.46. The third-order valence-electron chi connectivity index (χ3n) is 10.2. The van der Waals surface area contributed by atoms with E-state index in [2.05, 4.69) is 5.32 Å². The average Bonchev–Trinajstić information content (AvgIpc) is 3.20. The van der Waals surface area contributed by atoms with Crippen LogP contribution < -0.4 is 5.32 Å². The molecule has 3 aliphatic heterocycles. The molecule has 25 heteroatoms. The third kappa shape index (κ3) is 9.90. The number of aldehydes is 1. The molecule has 0 aromatic carbocycles. The molecule has 23 unspecified atom stereocenters. The first-order chi connectivity index (χ1) is 26.5. The van der Waals surface area contributed by atoms with E-state index in [0.29, 0.717) is 0 Å². The van der Waals surface area contributed by atoms with Crippen LogP contribution in [0, 0.1) is 0 Å². The van der Waals surface area contributed by atoms with Gasteiger partial charge in [-0.05, 0) is 5.57 Å². The summed E-state index contributed by atoms with van der Waals surface area (Å²) in [4.78, 5) is 11.0. The molecule has 0 spiro atoms. The number of hydrogen-bond acceptors (Lipinski definition) is 25. The molecule has 0 radical (unpaired) electrons. The maximum atomic E-state index is 11.2. The van der Waals surface area contributed by atoms with Crippen LogP contribution in [0.4, 0.5) is 0 Å². The van der Waals surface area contributed by atoms with Gasteiger partial charge in [-0.25, -0.2) is 0 Å². The fraction of sp³-hybridized carbons (Fsp3) is 0.903. The largest absolute Gasteiger partial charge is 0.394 e. The molecule has 0 amide bonds. The first-order valence-corrected chi connectivity index (χ1v) is 17.6. The Morgan fingerprint density at radius 1 is 0.643 bits per heavy atom. The number of aliphatic hydroxyl groups excluding tert-OH is 17. The van der Waals surface area contributed by atoms with Crippen LogP contribution in [-0.2, 0) is 33.2 Å². The van der Waals surface area contributed by atoms with Crippen LogP contribution >= 0.6 is 0 Å². The van der Waals surface area contributed by atoms with Crippen LogP contribution in [-0.4, -0.2) is 267 Å². The number of carbonyl (C=O) groups is 1. The van der Waals surface area contributed by atoms with E-state index in [-0.39, 0.29) is 11.9 Å². The van der Waals surface area contributed by atoms with Gasteiger partial charge in [-0.15, -0.1) is 0 Å².